The van der Waals surface area contributed by atoms with E-state index in [1.54, 1.807) is 0 Å². The summed E-state index contributed by atoms with van der Waals surface area (Å²) in [6.45, 7) is 7.91. The number of rotatable bonds is 5. The van der Waals surface area contributed by atoms with Gasteiger partial charge in [0.25, 0.3) is 0 Å². The Balaban J connectivity index is 2.11. The molecule has 2 heteroatoms. The molecule has 1 aliphatic carbocycles. The van der Waals surface area contributed by atoms with Crippen molar-refractivity contribution in [3.05, 3.63) is 103 Å². The molecule has 0 saturated carbocycles. The minimum absolute atomic E-state index is 0.161. The Hall–Kier alpha value is -2.58. The lowest BCUT2D eigenvalue weighted by molar-refractivity contribution is 0.128. The highest BCUT2D eigenvalue weighted by atomic mass is 15.4. The van der Waals surface area contributed by atoms with Gasteiger partial charge in [-0.2, -0.15) is 0 Å². The second-order valence-corrected chi connectivity index (χ2v) is 6.83. The third-order valence-electron chi connectivity index (χ3n) is 5.22. The molecule has 3 rings (SSSR count). The van der Waals surface area contributed by atoms with Gasteiger partial charge in [-0.3, -0.25) is 4.90 Å². The molecule has 1 aromatic rings. The molecule has 2 aliphatic rings. The molecule has 0 amide bonds. The summed E-state index contributed by atoms with van der Waals surface area (Å²) < 4.78 is 0. The first-order valence-electron chi connectivity index (χ1n) is 9.20. The van der Waals surface area contributed by atoms with Crippen LogP contribution in [-0.4, -0.2) is 36.1 Å². The highest BCUT2D eigenvalue weighted by Gasteiger charge is 2.35. The van der Waals surface area contributed by atoms with Crippen LogP contribution in [0.1, 0.15) is 18.4 Å². The predicted octanol–water partition coefficient (Wildman–Crippen LogP) is 5.17. The zero-order valence-corrected chi connectivity index (χ0v) is 15.8. The van der Waals surface area contributed by atoms with Crippen LogP contribution in [-0.2, 0) is 0 Å². The maximum atomic E-state index is 4.03. The summed E-state index contributed by atoms with van der Waals surface area (Å²) >= 11 is 0. The van der Waals surface area contributed by atoms with Crippen LogP contribution >= 0.6 is 0 Å². The molecule has 2 nitrogen and oxygen atoms in total. The van der Waals surface area contributed by atoms with E-state index in [1.165, 1.54) is 22.4 Å². The van der Waals surface area contributed by atoms with Crippen LogP contribution in [0.5, 0.6) is 0 Å². The van der Waals surface area contributed by atoms with Crippen LogP contribution in [0.4, 0.5) is 0 Å². The van der Waals surface area contributed by atoms with Gasteiger partial charge in [0.2, 0.25) is 0 Å². The van der Waals surface area contributed by atoms with Crippen molar-refractivity contribution in [2.45, 2.75) is 25.0 Å². The van der Waals surface area contributed by atoms with Gasteiger partial charge in [-0.15, -0.1) is 0 Å². The fourth-order valence-corrected chi connectivity index (χ4v) is 3.95. The quantitative estimate of drug-likeness (QED) is 0.680. The molecule has 0 radical (unpaired) electrons. The maximum Gasteiger partial charge on any atom is 0.105 e. The molecule has 134 valence electrons. The van der Waals surface area contributed by atoms with Crippen molar-refractivity contribution in [2.24, 2.45) is 0 Å². The molecule has 0 spiro atoms. The molecule has 0 aromatic heterocycles. The Morgan fingerprint density at radius 2 is 1.92 bits per heavy atom. The Labute approximate surface area is 157 Å². The molecule has 0 saturated heterocycles. The van der Waals surface area contributed by atoms with Gasteiger partial charge in [-0.1, -0.05) is 79.9 Å². The normalized spacial score (nSPS) is 24.1. The van der Waals surface area contributed by atoms with E-state index in [0.29, 0.717) is 0 Å². The van der Waals surface area contributed by atoms with Crippen molar-refractivity contribution in [1.82, 2.24) is 9.80 Å². The van der Waals surface area contributed by atoms with E-state index in [1.807, 2.05) is 12.2 Å². The largest absolute Gasteiger partial charge is 0.355 e. The lowest BCUT2D eigenvalue weighted by Crippen LogP contribution is -2.53. The number of benzene rings is 1. The predicted molar refractivity (Wildman–Crippen MR) is 112 cm³/mol. The van der Waals surface area contributed by atoms with Crippen LogP contribution in [0.3, 0.4) is 0 Å². The maximum absolute atomic E-state index is 4.03. The summed E-state index contributed by atoms with van der Waals surface area (Å²) in [7, 11) is 4.39. The van der Waals surface area contributed by atoms with E-state index >= 15 is 0 Å². The first-order valence-corrected chi connectivity index (χ1v) is 9.20. The average Bonchev–Trinajstić information content (AvgIpc) is 2.68. The van der Waals surface area contributed by atoms with Gasteiger partial charge in [0.05, 0.1) is 6.04 Å². The van der Waals surface area contributed by atoms with E-state index in [2.05, 4.69) is 97.8 Å². The fraction of sp³-hybridized carbons (Fsp3) is 0.250. The lowest BCUT2D eigenvalue weighted by Gasteiger charge is -2.47. The van der Waals surface area contributed by atoms with Crippen LogP contribution in [0.2, 0.25) is 0 Å². The third kappa shape index (κ3) is 3.51. The SMILES string of the molecule is C=C/C=C(\C=C)C1C=C(c2ccccc2)N(C)C(C2=CC=CCC2)N1C. The number of hydrogen-bond donors (Lipinski definition) is 0. The van der Waals surface area contributed by atoms with E-state index in [4.69, 9.17) is 0 Å². The molecule has 2 unspecified atom stereocenters. The number of nitrogens with zero attached hydrogens (tertiary/aromatic N) is 2. The molecular formula is C24H28N2. The molecular weight excluding hydrogens is 316 g/mol. The number of hydrogen-bond acceptors (Lipinski definition) is 2. The number of allylic oxidation sites excluding steroid dienone is 5. The van der Waals surface area contributed by atoms with Crippen molar-refractivity contribution in [2.75, 3.05) is 14.1 Å². The number of likely N-dealkylation sites (N-methyl/N-ethyl adjacent to an activating group) is 2. The second kappa shape index (κ2) is 8.20. The van der Waals surface area contributed by atoms with E-state index in [0.717, 1.165) is 12.8 Å². The van der Waals surface area contributed by atoms with Crippen molar-refractivity contribution in [3.63, 3.8) is 0 Å². The van der Waals surface area contributed by atoms with Gasteiger partial charge in [-0.05, 0) is 42.7 Å². The molecule has 0 N–H and O–H groups in total. The highest BCUT2D eigenvalue weighted by molar-refractivity contribution is 5.67. The van der Waals surface area contributed by atoms with Crippen LogP contribution in [0.15, 0.2) is 97.2 Å². The Kier molecular flexibility index (Phi) is 5.75. The van der Waals surface area contributed by atoms with Crippen LogP contribution < -0.4 is 0 Å². The first-order chi connectivity index (χ1) is 12.7. The highest BCUT2D eigenvalue weighted by Crippen LogP contribution is 2.35. The Bertz CT molecular complexity index is 780. The summed E-state index contributed by atoms with van der Waals surface area (Å²) in [4.78, 5) is 4.82. The Morgan fingerprint density at radius 3 is 2.54 bits per heavy atom. The molecule has 1 aliphatic heterocycles. The van der Waals surface area contributed by atoms with Gasteiger partial charge in [0.15, 0.2) is 0 Å². The average molecular weight is 345 g/mol. The fourth-order valence-electron chi connectivity index (χ4n) is 3.95. The summed E-state index contributed by atoms with van der Waals surface area (Å²) in [6.07, 6.45) is 17.3. The second-order valence-electron chi connectivity index (χ2n) is 6.83. The zero-order valence-electron chi connectivity index (χ0n) is 15.8. The standard InChI is InChI=1S/C24H28N2/c1-5-13-19(6-2)22-18-23(20-14-9-7-10-15-20)26(4)24(25(22)3)21-16-11-8-12-17-21/h5-11,13-16,18,22,24H,1-2,12,17H2,3-4H3/b19-13+. The third-order valence-corrected chi connectivity index (χ3v) is 5.22. The molecule has 0 fully saturated rings. The van der Waals surface area contributed by atoms with Gasteiger partial charge >= 0.3 is 0 Å². The molecule has 1 heterocycles. The van der Waals surface area contributed by atoms with Gasteiger partial charge in [-0.25, -0.2) is 0 Å². The summed E-state index contributed by atoms with van der Waals surface area (Å²) in [5, 5.41) is 0. The van der Waals surface area contributed by atoms with E-state index in [-0.39, 0.29) is 12.2 Å². The van der Waals surface area contributed by atoms with Crippen molar-refractivity contribution < 1.29 is 0 Å². The molecule has 26 heavy (non-hydrogen) atoms. The summed E-state index contributed by atoms with van der Waals surface area (Å²) in [5.41, 5.74) is 5.12. The summed E-state index contributed by atoms with van der Waals surface area (Å²) in [5.74, 6) is 0. The Morgan fingerprint density at radius 1 is 1.15 bits per heavy atom. The minimum atomic E-state index is 0.161. The molecule has 0 bridgehead atoms. The van der Waals surface area contributed by atoms with Crippen molar-refractivity contribution >= 4 is 5.70 Å². The van der Waals surface area contributed by atoms with Crippen LogP contribution in [0, 0.1) is 0 Å². The molecule has 1 aromatic carbocycles. The zero-order chi connectivity index (χ0) is 18.5. The van der Waals surface area contributed by atoms with E-state index < -0.39 is 0 Å². The van der Waals surface area contributed by atoms with Gasteiger partial charge < -0.3 is 4.90 Å². The summed E-state index contributed by atoms with van der Waals surface area (Å²) in [6, 6.07) is 10.8. The molecule has 2 atom stereocenters. The van der Waals surface area contributed by atoms with Crippen LogP contribution in [0.25, 0.3) is 5.70 Å². The lowest BCUT2D eigenvalue weighted by atomic mass is 9.92. The topological polar surface area (TPSA) is 6.48 Å². The minimum Gasteiger partial charge on any atom is -0.355 e. The monoisotopic (exact) mass is 344 g/mol. The van der Waals surface area contributed by atoms with Crippen molar-refractivity contribution in [1.29, 1.82) is 0 Å². The first kappa shape index (κ1) is 18.2. The van der Waals surface area contributed by atoms with Crippen molar-refractivity contribution in [3.8, 4) is 0 Å². The van der Waals surface area contributed by atoms with Gasteiger partial charge in [0, 0.05) is 12.7 Å². The van der Waals surface area contributed by atoms with E-state index in [9.17, 15) is 0 Å². The smallest absolute Gasteiger partial charge is 0.105 e. The van der Waals surface area contributed by atoms with Gasteiger partial charge in [0.1, 0.15) is 6.17 Å².